The van der Waals surface area contributed by atoms with Crippen LogP contribution >= 0.6 is 0 Å². The van der Waals surface area contributed by atoms with Crippen molar-refractivity contribution in [2.75, 3.05) is 0 Å². The summed E-state index contributed by atoms with van der Waals surface area (Å²) >= 11 is 0. The lowest BCUT2D eigenvalue weighted by molar-refractivity contribution is 0.612. The van der Waals surface area contributed by atoms with Crippen molar-refractivity contribution in [3.63, 3.8) is 0 Å². The van der Waals surface area contributed by atoms with Gasteiger partial charge < -0.3 is 10.2 Å². The summed E-state index contributed by atoms with van der Waals surface area (Å²) < 4.78 is 5.38. The Labute approximate surface area is 83.7 Å². The molecule has 0 saturated carbocycles. The molecule has 0 fully saturated rings. The van der Waals surface area contributed by atoms with Gasteiger partial charge >= 0.3 is 0 Å². The molecule has 0 amide bonds. The largest absolute Gasteiger partial charge is 0.464 e. The van der Waals surface area contributed by atoms with Gasteiger partial charge in [-0.25, -0.2) is 0 Å². The van der Waals surface area contributed by atoms with E-state index in [0.29, 0.717) is 0 Å². The van der Waals surface area contributed by atoms with Gasteiger partial charge in [-0.1, -0.05) is 13.0 Å². The summed E-state index contributed by atoms with van der Waals surface area (Å²) in [4.78, 5) is 0. The van der Waals surface area contributed by atoms with Crippen molar-refractivity contribution in [2.24, 2.45) is 5.73 Å². The van der Waals surface area contributed by atoms with E-state index in [0.717, 1.165) is 12.0 Å². The van der Waals surface area contributed by atoms with E-state index in [2.05, 4.69) is 13.0 Å². The maximum absolute atomic E-state index is 5.97. The molecule has 2 N–H and O–H groups in total. The lowest BCUT2D eigenvalue weighted by atomic mass is 10.0. The second kappa shape index (κ2) is 3.46. The van der Waals surface area contributed by atoms with Crippen LogP contribution < -0.4 is 5.73 Å². The average Bonchev–Trinajstić information content (AvgIpc) is 2.59. The number of nitrogens with two attached hydrogens (primary N) is 1. The molecule has 2 rings (SSSR count). The molecule has 1 unspecified atom stereocenters. The maximum atomic E-state index is 5.97. The van der Waals surface area contributed by atoms with Crippen molar-refractivity contribution in [2.45, 2.75) is 26.3 Å². The average molecular weight is 189 g/mol. The Morgan fingerprint density at radius 1 is 1.43 bits per heavy atom. The molecule has 2 aromatic rings. The summed E-state index contributed by atoms with van der Waals surface area (Å²) in [6.45, 7) is 4.14. The molecule has 14 heavy (non-hydrogen) atoms. The molecule has 1 atom stereocenters. The summed E-state index contributed by atoms with van der Waals surface area (Å²) in [6, 6.07) is 6.29. The van der Waals surface area contributed by atoms with E-state index >= 15 is 0 Å². The predicted molar refractivity (Wildman–Crippen MR) is 58.2 cm³/mol. The Bertz CT molecular complexity index is 445. The molecule has 1 aromatic heterocycles. The third kappa shape index (κ3) is 1.42. The molecule has 74 valence electrons. The monoisotopic (exact) mass is 189 g/mol. The van der Waals surface area contributed by atoms with Gasteiger partial charge in [-0.15, -0.1) is 0 Å². The topological polar surface area (TPSA) is 39.2 Å². The Balaban J connectivity index is 2.54. The summed E-state index contributed by atoms with van der Waals surface area (Å²) in [5, 5.41) is 1.17. The zero-order valence-corrected chi connectivity index (χ0v) is 8.58. The number of rotatable bonds is 2. The molecule has 0 aliphatic rings. The standard InChI is InChI=1S/C12H15NO/c1-3-11(13)9-4-5-12-10(6-9)8(2)7-14-12/h4-7,11H,3,13H2,1-2H3. The van der Waals surface area contributed by atoms with Crippen molar-refractivity contribution in [1.82, 2.24) is 0 Å². The molecular weight excluding hydrogens is 174 g/mol. The number of fused-ring (bicyclic) bond motifs is 1. The van der Waals surface area contributed by atoms with Gasteiger partial charge in [0.25, 0.3) is 0 Å². The molecule has 0 aliphatic heterocycles. The van der Waals surface area contributed by atoms with Crippen LogP contribution in [0.15, 0.2) is 28.9 Å². The second-order valence-electron chi connectivity index (χ2n) is 3.69. The Morgan fingerprint density at radius 3 is 2.93 bits per heavy atom. The van der Waals surface area contributed by atoms with Crippen molar-refractivity contribution in [1.29, 1.82) is 0 Å². The van der Waals surface area contributed by atoms with E-state index < -0.39 is 0 Å². The fraction of sp³-hybridized carbons (Fsp3) is 0.333. The predicted octanol–water partition coefficient (Wildman–Crippen LogP) is 3.15. The fourth-order valence-electron chi connectivity index (χ4n) is 1.64. The first kappa shape index (κ1) is 9.28. The van der Waals surface area contributed by atoms with Crippen LogP contribution in [0.25, 0.3) is 11.0 Å². The number of furan rings is 1. The Hall–Kier alpha value is -1.28. The first-order valence-electron chi connectivity index (χ1n) is 4.95. The van der Waals surface area contributed by atoms with Crippen LogP contribution in [-0.2, 0) is 0 Å². The van der Waals surface area contributed by atoms with E-state index in [-0.39, 0.29) is 6.04 Å². The normalized spacial score (nSPS) is 13.4. The number of benzene rings is 1. The van der Waals surface area contributed by atoms with Crippen LogP contribution in [0.4, 0.5) is 0 Å². The highest BCUT2D eigenvalue weighted by molar-refractivity contribution is 5.81. The van der Waals surface area contributed by atoms with Gasteiger partial charge in [0, 0.05) is 11.4 Å². The van der Waals surface area contributed by atoms with Crippen molar-refractivity contribution in [3.8, 4) is 0 Å². The zero-order valence-electron chi connectivity index (χ0n) is 8.58. The number of aryl methyl sites for hydroxylation is 1. The summed E-state index contributed by atoms with van der Waals surface area (Å²) in [7, 11) is 0. The molecule has 0 aliphatic carbocycles. The van der Waals surface area contributed by atoms with Crippen molar-refractivity contribution < 1.29 is 4.42 Å². The molecule has 0 spiro atoms. The molecule has 0 bridgehead atoms. The van der Waals surface area contributed by atoms with Crippen LogP contribution in [0.2, 0.25) is 0 Å². The van der Waals surface area contributed by atoms with Crippen LogP contribution in [0.5, 0.6) is 0 Å². The van der Waals surface area contributed by atoms with E-state index in [1.807, 2.05) is 19.1 Å². The Kier molecular flexibility index (Phi) is 2.30. The quantitative estimate of drug-likeness (QED) is 0.788. The minimum atomic E-state index is 0.133. The molecule has 2 nitrogen and oxygen atoms in total. The first-order chi connectivity index (χ1) is 6.72. The smallest absolute Gasteiger partial charge is 0.134 e. The van der Waals surface area contributed by atoms with Crippen LogP contribution in [0.1, 0.15) is 30.5 Å². The van der Waals surface area contributed by atoms with Crippen molar-refractivity contribution in [3.05, 3.63) is 35.6 Å². The second-order valence-corrected chi connectivity index (χ2v) is 3.69. The summed E-state index contributed by atoms with van der Waals surface area (Å²) in [5.41, 5.74) is 9.27. The van der Waals surface area contributed by atoms with Crippen LogP contribution in [0.3, 0.4) is 0 Å². The third-order valence-corrected chi connectivity index (χ3v) is 2.66. The van der Waals surface area contributed by atoms with Crippen molar-refractivity contribution >= 4 is 11.0 Å². The number of hydrogen-bond acceptors (Lipinski definition) is 2. The van der Waals surface area contributed by atoms with Gasteiger partial charge in [0.2, 0.25) is 0 Å². The van der Waals surface area contributed by atoms with E-state index in [1.54, 1.807) is 6.26 Å². The maximum Gasteiger partial charge on any atom is 0.134 e. The number of hydrogen-bond donors (Lipinski definition) is 1. The molecule has 0 radical (unpaired) electrons. The SMILES string of the molecule is CCC(N)c1ccc2occ(C)c2c1. The van der Waals surface area contributed by atoms with E-state index in [1.165, 1.54) is 16.5 Å². The van der Waals surface area contributed by atoms with Gasteiger partial charge in [0.1, 0.15) is 5.58 Å². The lowest BCUT2D eigenvalue weighted by Gasteiger charge is -2.08. The molecule has 0 saturated heterocycles. The van der Waals surface area contributed by atoms with Gasteiger partial charge in [0.15, 0.2) is 0 Å². The molecular formula is C12H15NO. The highest BCUT2D eigenvalue weighted by Crippen LogP contribution is 2.24. The van der Waals surface area contributed by atoms with Crippen LogP contribution in [-0.4, -0.2) is 0 Å². The first-order valence-corrected chi connectivity index (χ1v) is 4.95. The zero-order chi connectivity index (χ0) is 10.1. The van der Waals surface area contributed by atoms with Crippen LogP contribution in [0, 0.1) is 6.92 Å². The van der Waals surface area contributed by atoms with Gasteiger partial charge in [-0.3, -0.25) is 0 Å². The molecule has 1 heterocycles. The minimum absolute atomic E-state index is 0.133. The van der Waals surface area contributed by atoms with E-state index in [9.17, 15) is 0 Å². The Morgan fingerprint density at radius 2 is 2.21 bits per heavy atom. The molecule has 2 heteroatoms. The van der Waals surface area contributed by atoms with E-state index in [4.69, 9.17) is 10.2 Å². The summed E-state index contributed by atoms with van der Waals surface area (Å²) in [6.07, 6.45) is 2.74. The highest BCUT2D eigenvalue weighted by atomic mass is 16.3. The summed E-state index contributed by atoms with van der Waals surface area (Å²) in [5.74, 6) is 0. The highest BCUT2D eigenvalue weighted by Gasteiger charge is 2.07. The molecule has 1 aromatic carbocycles. The van der Waals surface area contributed by atoms with Gasteiger partial charge in [0.05, 0.1) is 6.26 Å². The fourth-order valence-corrected chi connectivity index (χ4v) is 1.64. The third-order valence-electron chi connectivity index (χ3n) is 2.66. The lowest BCUT2D eigenvalue weighted by Crippen LogP contribution is -2.08. The van der Waals surface area contributed by atoms with Gasteiger partial charge in [-0.05, 0) is 36.6 Å². The van der Waals surface area contributed by atoms with Gasteiger partial charge in [-0.2, -0.15) is 0 Å². The minimum Gasteiger partial charge on any atom is -0.464 e.